The average molecular weight is 350 g/mol. The molecular formula is C18H26N2O3S. The summed E-state index contributed by atoms with van der Waals surface area (Å²) in [4.78, 5) is 29.1. The van der Waals surface area contributed by atoms with E-state index in [9.17, 15) is 14.7 Å². The van der Waals surface area contributed by atoms with Gasteiger partial charge in [0.15, 0.2) is 0 Å². The van der Waals surface area contributed by atoms with Gasteiger partial charge in [0.1, 0.15) is 5.54 Å². The van der Waals surface area contributed by atoms with E-state index < -0.39 is 11.5 Å². The van der Waals surface area contributed by atoms with Gasteiger partial charge in [0.25, 0.3) is 0 Å². The van der Waals surface area contributed by atoms with E-state index in [1.807, 2.05) is 0 Å². The SMILES string of the molecule is CC1CCC(NC(=O)/C=C/c2cnc(C(C)(C)C)s2)(C(=O)O)CC1. The van der Waals surface area contributed by atoms with Gasteiger partial charge < -0.3 is 10.4 Å². The number of thiazole rings is 1. The Morgan fingerprint density at radius 1 is 1.38 bits per heavy atom. The van der Waals surface area contributed by atoms with Crippen molar-refractivity contribution in [2.75, 3.05) is 0 Å². The second-order valence-corrected chi connectivity index (χ2v) is 8.77. The molecular weight excluding hydrogens is 324 g/mol. The van der Waals surface area contributed by atoms with Crippen LogP contribution in [-0.2, 0) is 15.0 Å². The van der Waals surface area contributed by atoms with Gasteiger partial charge in [-0.2, -0.15) is 0 Å². The molecule has 2 N–H and O–H groups in total. The van der Waals surface area contributed by atoms with Crippen molar-refractivity contribution < 1.29 is 14.7 Å². The highest BCUT2D eigenvalue weighted by molar-refractivity contribution is 7.12. The summed E-state index contributed by atoms with van der Waals surface area (Å²) in [5.74, 6) is -0.792. The van der Waals surface area contributed by atoms with Gasteiger partial charge in [-0.25, -0.2) is 9.78 Å². The fourth-order valence-electron chi connectivity index (χ4n) is 2.79. The number of aliphatic carboxylic acids is 1. The van der Waals surface area contributed by atoms with E-state index in [0.717, 1.165) is 22.7 Å². The van der Waals surface area contributed by atoms with E-state index in [1.165, 1.54) is 17.4 Å². The first-order valence-corrected chi connectivity index (χ1v) is 9.14. The smallest absolute Gasteiger partial charge is 0.329 e. The highest BCUT2D eigenvalue weighted by Crippen LogP contribution is 2.32. The van der Waals surface area contributed by atoms with Crippen molar-refractivity contribution >= 4 is 29.3 Å². The molecule has 1 fully saturated rings. The molecule has 0 saturated heterocycles. The van der Waals surface area contributed by atoms with Crippen LogP contribution in [0.2, 0.25) is 0 Å². The normalized spacial score (nSPS) is 24.9. The fraction of sp³-hybridized carbons (Fsp3) is 0.611. The average Bonchev–Trinajstić information content (AvgIpc) is 2.97. The summed E-state index contributed by atoms with van der Waals surface area (Å²) >= 11 is 1.54. The predicted molar refractivity (Wildman–Crippen MR) is 96.0 cm³/mol. The van der Waals surface area contributed by atoms with Crippen LogP contribution in [-0.4, -0.2) is 27.5 Å². The second-order valence-electron chi connectivity index (χ2n) is 7.71. The third-order valence-electron chi connectivity index (χ3n) is 4.46. The topological polar surface area (TPSA) is 79.3 Å². The predicted octanol–water partition coefficient (Wildman–Crippen LogP) is 3.60. The summed E-state index contributed by atoms with van der Waals surface area (Å²) in [5, 5.41) is 13.3. The van der Waals surface area contributed by atoms with Crippen LogP contribution in [0.1, 0.15) is 63.3 Å². The van der Waals surface area contributed by atoms with Crippen LogP contribution >= 0.6 is 11.3 Å². The van der Waals surface area contributed by atoms with Gasteiger partial charge in [-0.15, -0.1) is 11.3 Å². The number of nitrogens with one attached hydrogen (secondary N) is 1. The Bertz CT molecular complexity index is 635. The third-order valence-corrected chi connectivity index (χ3v) is 5.85. The number of hydrogen-bond donors (Lipinski definition) is 2. The number of nitrogens with zero attached hydrogens (tertiary/aromatic N) is 1. The van der Waals surface area contributed by atoms with Gasteiger partial charge in [0.2, 0.25) is 5.91 Å². The molecule has 1 aromatic rings. The van der Waals surface area contributed by atoms with Gasteiger partial charge in [-0.1, -0.05) is 27.7 Å². The second kappa shape index (κ2) is 7.05. The Labute approximate surface area is 147 Å². The first-order valence-electron chi connectivity index (χ1n) is 8.32. The monoisotopic (exact) mass is 350 g/mol. The maximum Gasteiger partial charge on any atom is 0.329 e. The van der Waals surface area contributed by atoms with Crippen molar-refractivity contribution in [3.63, 3.8) is 0 Å². The Hall–Kier alpha value is -1.69. The maximum atomic E-state index is 12.2. The molecule has 1 aromatic heterocycles. The lowest BCUT2D eigenvalue weighted by Gasteiger charge is -2.36. The molecule has 0 unspecified atom stereocenters. The molecule has 0 aliphatic heterocycles. The first-order chi connectivity index (χ1) is 11.1. The number of amides is 1. The largest absolute Gasteiger partial charge is 0.480 e. The van der Waals surface area contributed by atoms with Crippen molar-refractivity contribution in [1.82, 2.24) is 10.3 Å². The van der Waals surface area contributed by atoms with Crippen LogP contribution in [0.3, 0.4) is 0 Å². The van der Waals surface area contributed by atoms with Gasteiger partial charge in [0.05, 0.1) is 5.01 Å². The molecule has 1 aliphatic carbocycles. The number of carbonyl (C=O) groups excluding carboxylic acids is 1. The van der Waals surface area contributed by atoms with Crippen LogP contribution in [0.4, 0.5) is 0 Å². The summed E-state index contributed by atoms with van der Waals surface area (Å²) in [6, 6.07) is 0. The summed E-state index contributed by atoms with van der Waals surface area (Å²) in [6.07, 6.45) is 7.45. The Kier molecular flexibility index (Phi) is 5.48. The van der Waals surface area contributed by atoms with Crippen molar-refractivity contribution in [2.45, 2.75) is 64.3 Å². The number of hydrogen-bond acceptors (Lipinski definition) is 4. The van der Waals surface area contributed by atoms with Crippen molar-refractivity contribution in [1.29, 1.82) is 0 Å². The Morgan fingerprint density at radius 3 is 2.50 bits per heavy atom. The summed E-state index contributed by atoms with van der Waals surface area (Å²) < 4.78 is 0. The molecule has 6 heteroatoms. The van der Waals surface area contributed by atoms with Crippen LogP contribution in [0, 0.1) is 5.92 Å². The van der Waals surface area contributed by atoms with Gasteiger partial charge in [-0.05, 0) is 37.7 Å². The molecule has 1 aliphatic rings. The Morgan fingerprint density at radius 2 is 2.00 bits per heavy atom. The van der Waals surface area contributed by atoms with Crippen LogP contribution in [0.25, 0.3) is 6.08 Å². The molecule has 2 rings (SSSR count). The minimum atomic E-state index is -1.13. The van der Waals surface area contributed by atoms with Crippen molar-refractivity contribution in [3.8, 4) is 0 Å². The molecule has 0 aromatic carbocycles. The highest BCUT2D eigenvalue weighted by Gasteiger charge is 2.42. The van der Waals surface area contributed by atoms with E-state index in [-0.39, 0.29) is 11.3 Å². The number of rotatable bonds is 4. The Balaban J connectivity index is 2.03. The lowest BCUT2D eigenvalue weighted by Crippen LogP contribution is -2.55. The molecule has 132 valence electrons. The first kappa shape index (κ1) is 18.6. The molecule has 0 atom stereocenters. The van der Waals surface area contributed by atoms with Gasteiger partial charge in [-0.3, -0.25) is 4.79 Å². The van der Waals surface area contributed by atoms with Crippen molar-refractivity contribution in [3.05, 3.63) is 22.2 Å². The quantitative estimate of drug-likeness (QED) is 0.813. The molecule has 24 heavy (non-hydrogen) atoms. The van der Waals surface area contributed by atoms with E-state index in [2.05, 4.69) is 38.0 Å². The zero-order valence-corrected chi connectivity index (χ0v) is 15.6. The zero-order valence-electron chi connectivity index (χ0n) is 14.8. The highest BCUT2D eigenvalue weighted by atomic mass is 32.1. The number of carboxylic acids is 1. The number of carbonyl (C=O) groups is 2. The van der Waals surface area contributed by atoms with E-state index in [1.54, 1.807) is 12.3 Å². The van der Waals surface area contributed by atoms with Crippen molar-refractivity contribution in [2.24, 2.45) is 5.92 Å². The zero-order chi connectivity index (χ0) is 18.0. The minimum Gasteiger partial charge on any atom is -0.480 e. The molecule has 0 radical (unpaired) electrons. The van der Waals surface area contributed by atoms with Gasteiger partial charge >= 0.3 is 5.97 Å². The van der Waals surface area contributed by atoms with E-state index >= 15 is 0 Å². The van der Waals surface area contributed by atoms with E-state index in [0.29, 0.717) is 18.8 Å². The lowest BCUT2D eigenvalue weighted by molar-refractivity contribution is -0.149. The fourth-order valence-corrected chi connectivity index (χ4v) is 3.67. The summed E-state index contributed by atoms with van der Waals surface area (Å²) in [7, 11) is 0. The van der Waals surface area contributed by atoms with E-state index in [4.69, 9.17) is 0 Å². The number of carboxylic acid groups (broad SMARTS) is 1. The minimum absolute atomic E-state index is 0.0226. The van der Waals surface area contributed by atoms with Gasteiger partial charge in [0, 0.05) is 22.6 Å². The number of aromatic nitrogens is 1. The standard InChI is InChI=1S/C18H26N2O3S/c1-12-7-9-18(10-8-12,16(22)23)20-14(21)6-5-13-11-19-15(24-13)17(2,3)4/h5-6,11-12H,7-10H2,1-4H3,(H,20,21)(H,22,23)/b6-5+. The van der Waals surface area contributed by atoms with Crippen LogP contribution in [0.15, 0.2) is 12.3 Å². The molecule has 1 saturated carbocycles. The summed E-state index contributed by atoms with van der Waals surface area (Å²) in [5.41, 5.74) is -1.15. The molecule has 0 bridgehead atoms. The van der Waals surface area contributed by atoms with Crippen LogP contribution in [0.5, 0.6) is 0 Å². The third kappa shape index (κ3) is 4.44. The summed E-state index contributed by atoms with van der Waals surface area (Å²) in [6.45, 7) is 8.39. The molecule has 1 amide bonds. The molecule has 0 spiro atoms. The molecule has 5 nitrogen and oxygen atoms in total. The van der Waals surface area contributed by atoms with Crippen LogP contribution < -0.4 is 5.32 Å². The lowest BCUT2D eigenvalue weighted by atomic mass is 9.77. The maximum absolute atomic E-state index is 12.2. The molecule has 1 heterocycles.